The fraction of sp³-hybridized carbons (Fsp3) is 0.143. The molecule has 4 nitrogen and oxygen atoms in total. The summed E-state index contributed by atoms with van der Waals surface area (Å²) in [6.07, 6.45) is 0.420. The molecule has 0 spiro atoms. The molecule has 0 saturated carbocycles. The van der Waals surface area contributed by atoms with Gasteiger partial charge in [0.25, 0.3) is 0 Å². The number of hydrogen-bond acceptors (Lipinski definition) is 3. The van der Waals surface area contributed by atoms with Crippen molar-refractivity contribution in [3.8, 4) is 0 Å². The van der Waals surface area contributed by atoms with Gasteiger partial charge in [0.15, 0.2) is 11.6 Å². The molecule has 0 atom stereocenters. The zero-order valence-corrected chi connectivity index (χ0v) is 11.5. The molecular formula is C14H10F2N2O2S. The van der Waals surface area contributed by atoms with Gasteiger partial charge in [0.05, 0.1) is 11.0 Å². The number of benzene rings is 1. The maximum absolute atomic E-state index is 13.4. The highest BCUT2D eigenvalue weighted by atomic mass is 32.1. The lowest BCUT2D eigenvalue weighted by Gasteiger charge is -2.05. The number of carboxylic acids is 1. The van der Waals surface area contributed by atoms with E-state index in [0.717, 1.165) is 17.0 Å². The quantitative estimate of drug-likeness (QED) is 0.806. The monoisotopic (exact) mass is 308 g/mol. The lowest BCUT2D eigenvalue weighted by molar-refractivity contribution is -0.137. The van der Waals surface area contributed by atoms with E-state index in [2.05, 4.69) is 4.98 Å². The first kappa shape index (κ1) is 13.7. The number of carboxylic acid groups (broad SMARTS) is 1. The second-order valence-electron chi connectivity index (χ2n) is 4.52. The number of aliphatic carboxylic acids is 1. The number of nitrogens with zero attached hydrogens (tertiary/aromatic N) is 2. The minimum Gasteiger partial charge on any atom is -0.480 e. The third-order valence-corrected chi connectivity index (χ3v) is 3.95. The molecule has 3 aromatic rings. The molecule has 2 aromatic heterocycles. The number of rotatable bonds is 4. The average molecular weight is 308 g/mol. The van der Waals surface area contributed by atoms with Crippen LogP contribution in [0.25, 0.3) is 11.0 Å². The zero-order chi connectivity index (χ0) is 15.0. The molecule has 7 heteroatoms. The van der Waals surface area contributed by atoms with E-state index in [9.17, 15) is 13.6 Å². The van der Waals surface area contributed by atoms with Crippen LogP contribution in [-0.4, -0.2) is 20.6 Å². The molecule has 0 unspecified atom stereocenters. The first-order valence-corrected chi connectivity index (χ1v) is 7.01. The molecule has 1 aromatic carbocycles. The summed E-state index contributed by atoms with van der Waals surface area (Å²) in [6, 6.07) is 5.75. The predicted octanol–water partition coefficient (Wildman–Crippen LogP) is 3.05. The van der Waals surface area contributed by atoms with E-state index >= 15 is 0 Å². The molecule has 2 heterocycles. The number of imidazole rings is 1. The van der Waals surface area contributed by atoms with E-state index in [1.807, 2.05) is 17.5 Å². The summed E-state index contributed by atoms with van der Waals surface area (Å²) in [4.78, 5) is 16.2. The second-order valence-corrected chi connectivity index (χ2v) is 5.55. The van der Waals surface area contributed by atoms with Crippen molar-refractivity contribution >= 4 is 28.3 Å². The van der Waals surface area contributed by atoms with E-state index in [1.165, 1.54) is 15.9 Å². The SMILES string of the molecule is O=C(O)Cn1c(Cc2cccs2)nc2cc(F)c(F)cc21. The van der Waals surface area contributed by atoms with Gasteiger partial charge in [0, 0.05) is 23.4 Å². The van der Waals surface area contributed by atoms with Gasteiger partial charge < -0.3 is 9.67 Å². The Morgan fingerprint density at radius 1 is 1.33 bits per heavy atom. The summed E-state index contributed by atoms with van der Waals surface area (Å²) in [5.74, 6) is -2.60. The Morgan fingerprint density at radius 3 is 2.76 bits per heavy atom. The summed E-state index contributed by atoms with van der Waals surface area (Å²) >= 11 is 1.51. The van der Waals surface area contributed by atoms with Crippen LogP contribution < -0.4 is 0 Å². The zero-order valence-electron chi connectivity index (χ0n) is 10.7. The lowest BCUT2D eigenvalue weighted by Crippen LogP contribution is -2.12. The van der Waals surface area contributed by atoms with Crippen LogP contribution in [0.4, 0.5) is 8.78 Å². The fourth-order valence-corrected chi connectivity index (χ4v) is 2.89. The van der Waals surface area contributed by atoms with Crippen molar-refractivity contribution in [2.75, 3.05) is 0 Å². The normalized spacial score (nSPS) is 11.1. The molecule has 0 fully saturated rings. The van der Waals surface area contributed by atoms with Crippen LogP contribution in [0.1, 0.15) is 10.7 Å². The van der Waals surface area contributed by atoms with E-state index in [0.29, 0.717) is 12.2 Å². The topological polar surface area (TPSA) is 55.1 Å². The summed E-state index contributed by atoms with van der Waals surface area (Å²) in [7, 11) is 0. The third kappa shape index (κ3) is 2.64. The molecule has 0 amide bonds. The highest BCUT2D eigenvalue weighted by Crippen LogP contribution is 2.23. The van der Waals surface area contributed by atoms with Crippen molar-refractivity contribution in [1.82, 2.24) is 9.55 Å². The molecule has 0 saturated heterocycles. The minimum absolute atomic E-state index is 0.252. The number of carbonyl (C=O) groups is 1. The van der Waals surface area contributed by atoms with Crippen molar-refractivity contribution < 1.29 is 18.7 Å². The maximum Gasteiger partial charge on any atom is 0.323 e. The average Bonchev–Trinajstić information content (AvgIpc) is 3.01. The Hall–Kier alpha value is -2.28. The van der Waals surface area contributed by atoms with Crippen LogP contribution >= 0.6 is 11.3 Å². The van der Waals surface area contributed by atoms with E-state index < -0.39 is 17.6 Å². The molecule has 108 valence electrons. The van der Waals surface area contributed by atoms with Gasteiger partial charge in [-0.05, 0) is 11.4 Å². The Bertz CT molecular complexity index is 812. The van der Waals surface area contributed by atoms with Crippen LogP contribution in [0.5, 0.6) is 0 Å². The molecule has 0 aliphatic carbocycles. The van der Waals surface area contributed by atoms with Crippen molar-refractivity contribution in [3.63, 3.8) is 0 Å². The van der Waals surface area contributed by atoms with Gasteiger partial charge in [0.2, 0.25) is 0 Å². The van der Waals surface area contributed by atoms with Gasteiger partial charge in [-0.1, -0.05) is 6.07 Å². The number of aromatic nitrogens is 2. The molecule has 0 bridgehead atoms. The summed E-state index contributed by atoms with van der Waals surface area (Å²) in [6.45, 7) is -0.345. The maximum atomic E-state index is 13.4. The van der Waals surface area contributed by atoms with E-state index in [1.54, 1.807) is 0 Å². The molecule has 21 heavy (non-hydrogen) atoms. The smallest absolute Gasteiger partial charge is 0.323 e. The standard InChI is InChI=1S/C14H10F2N2O2S/c15-9-5-11-12(6-10(9)16)18(7-14(19)20)13(17-11)4-8-2-1-3-21-8/h1-3,5-6H,4,7H2,(H,19,20). The molecule has 3 rings (SSSR count). The van der Waals surface area contributed by atoms with Gasteiger partial charge in [-0.25, -0.2) is 13.8 Å². The Morgan fingerprint density at radius 2 is 2.10 bits per heavy atom. The Balaban J connectivity index is 2.15. The number of halogens is 2. The van der Waals surface area contributed by atoms with Crippen molar-refractivity contribution in [2.24, 2.45) is 0 Å². The summed E-state index contributed by atoms with van der Waals surface area (Å²) in [5.41, 5.74) is 0.532. The summed E-state index contributed by atoms with van der Waals surface area (Å²) in [5, 5.41) is 10.9. The lowest BCUT2D eigenvalue weighted by atomic mass is 10.3. The van der Waals surface area contributed by atoms with Gasteiger partial charge in [-0.15, -0.1) is 11.3 Å². The van der Waals surface area contributed by atoms with Gasteiger partial charge in [-0.2, -0.15) is 0 Å². The van der Waals surface area contributed by atoms with Crippen molar-refractivity contribution in [2.45, 2.75) is 13.0 Å². The van der Waals surface area contributed by atoms with Crippen LogP contribution in [0.15, 0.2) is 29.6 Å². The number of thiophene rings is 1. The van der Waals surface area contributed by atoms with Gasteiger partial charge >= 0.3 is 5.97 Å². The predicted molar refractivity (Wildman–Crippen MR) is 74.4 cm³/mol. The minimum atomic E-state index is -1.06. The van der Waals surface area contributed by atoms with Crippen molar-refractivity contribution in [1.29, 1.82) is 0 Å². The van der Waals surface area contributed by atoms with Gasteiger partial charge in [0.1, 0.15) is 12.4 Å². The van der Waals surface area contributed by atoms with Crippen molar-refractivity contribution in [3.05, 3.63) is 52.0 Å². The van der Waals surface area contributed by atoms with Crippen LogP contribution in [0.3, 0.4) is 0 Å². The Labute approximate surface area is 122 Å². The molecule has 0 aliphatic rings. The molecule has 0 aliphatic heterocycles. The van der Waals surface area contributed by atoms with Gasteiger partial charge in [-0.3, -0.25) is 4.79 Å². The highest BCUT2D eigenvalue weighted by molar-refractivity contribution is 7.09. The highest BCUT2D eigenvalue weighted by Gasteiger charge is 2.16. The first-order valence-electron chi connectivity index (χ1n) is 6.13. The van der Waals surface area contributed by atoms with Crippen LogP contribution in [-0.2, 0) is 17.8 Å². The number of hydrogen-bond donors (Lipinski definition) is 1. The fourth-order valence-electron chi connectivity index (χ4n) is 2.19. The van der Waals surface area contributed by atoms with E-state index in [-0.39, 0.29) is 17.6 Å². The molecular weight excluding hydrogens is 298 g/mol. The van der Waals surface area contributed by atoms with E-state index in [4.69, 9.17) is 5.11 Å². The molecule has 0 radical (unpaired) electrons. The summed E-state index contributed by atoms with van der Waals surface area (Å²) < 4.78 is 28.1. The number of fused-ring (bicyclic) bond motifs is 1. The second kappa shape index (κ2) is 5.25. The Kier molecular flexibility index (Phi) is 3.42. The first-order chi connectivity index (χ1) is 10.0. The van der Waals surface area contributed by atoms with Crippen LogP contribution in [0.2, 0.25) is 0 Å². The third-order valence-electron chi connectivity index (χ3n) is 3.08. The molecule has 1 N–H and O–H groups in total. The van der Waals surface area contributed by atoms with Crippen LogP contribution in [0, 0.1) is 11.6 Å². The largest absolute Gasteiger partial charge is 0.480 e.